The van der Waals surface area contributed by atoms with E-state index in [1.807, 2.05) is 45.0 Å². The van der Waals surface area contributed by atoms with Gasteiger partial charge in [-0.25, -0.2) is 8.42 Å². The molecule has 0 saturated heterocycles. The van der Waals surface area contributed by atoms with Gasteiger partial charge in [-0.05, 0) is 62.4 Å². The molecule has 0 aliphatic rings. The fourth-order valence-corrected chi connectivity index (χ4v) is 3.68. The molecule has 6 heteroatoms. The number of nitrogens with one attached hydrogen (secondary N) is 1. The lowest BCUT2D eigenvalue weighted by Gasteiger charge is -2.24. The van der Waals surface area contributed by atoms with E-state index in [-0.39, 0.29) is 18.5 Å². The lowest BCUT2D eigenvalue weighted by molar-refractivity contribution is -0.120. The molecule has 0 spiro atoms. The Kier molecular flexibility index (Phi) is 7.02. The summed E-state index contributed by atoms with van der Waals surface area (Å²) in [6, 6.07) is 15.4. The first-order valence-corrected chi connectivity index (χ1v) is 10.9. The van der Waals surface area contributed by atoms with E-state index in [4.69, 9.17) is 0 Å². The first kappa shape index (κ1) is 21.0. The summed E-state index contributed by atoms with van der Waals surface area (Å²) in [6.45, 7) is 5.59. The van der Waals surface area contributed by atoms with Gasteiger partial charge in [0, 0.05) is 6.04 Å². The number of carbonyl (C=O) groups is 1. The first-order chi connectivity index (χ1) is 12.7. The highest BCUT2D eigenvalue weighted by Gasteiger charge is 2.22. The molecule has 0 heterocycles. The summed E-state index contributed by atoms with van der Waals surface area (Å²) in [5.74, 6) is -0.306. The van der Waals surface area contributed by atoms with E-state index in [9.17, 15) is 13.2 Å². The van der Waals surface area contributed by atoms with Crippen molar-refractivity contribution >= 4 is 21.6 Å². The highest BCUT2D eigenvalue weighted by Crippen LogP contribution is 2.21. The summed E-state index contributed by atoms with van der Waals surface area (Å²) in [7, 11) is -3.56. The van der Waals surface area contributed by atoms with Gasteiger partial charge >= 0.3 is 0 Å². The maximum atomic E-state index is 12.4. The maximum Gasteiger partial charge on any atom is 0.240 e. The van der Waals surface area contributed by atoms with Crippen molar-refractivity contribution in [3.63, 3.8) is 0 Å². The number of aryl methyl sites for hydroxylation is 3. The summed E-state index contributed by atoms with van der Waals surface area (Å²) < 4.78 is 25.6. The number of anilines is 1. The van der Waals surface area contributed by atoms with E-state index in [2.05, 4.69) is 17.4 Å². The summed E-state index contributed by atoms with van der Waals surface area (Å²) >= 11 is 0. The number of hydrogen-bond acceptors (Lipinski definition) is 3. The second kappa shape index (κ2) is 9.04. The molecule has 0 bridgehead atoms. The predicted molar refractivity (Wildman–Crippen MR) is 110 cm³/mol. The first-order valence-electron chi connectivity index (χ1n) is 9.05. The number of nitrogens with zero attached hydrogens (tertiary/aromatic N) is 1. The molecule has 27 heavy (non-hydrogen) atoms. The zero-order chi connectivity index (χ0) is 20.0. The number of rotatable bonds is 8. The quantitative estimate of drug-likeness (QED) is 0.755. The molecule has 0 aliphatic carbocycles. The van der Waals surface area contributed by atoms with Gasteiger partial charge in [-0.15, -0.1) is 0 Å². The van der Waals surface area contributed by atoms with Crippen molar-refractivity contribution in [1.29, 1.82) is 0 Å². The normalized spacial score (nSPS) is 12.4. The van der Waals surface area contributed by atoms with Crippen LogP contribution in [0.25, 0.3) is 0 Å². The van der Waals surface area contributed by atoms with Gasteiger partial charge < -0.3 is 5.32 Å². The second-order valence-electron chi connectivity index (χ2n) is 7.03. The van der Waals surface area contributed by atoms with E-state index < -0.39 is 10.0 Å². The van der Waals surface area contributed by atoms with Crippen molar-refractivity contribution in [1.82, 2.24) is 5.32 Å². The fraction of sp³-hybridized carbons (Fsp3) is 0.381. The van der Waals surface area contributed by atoms with Crippen LogP contribution in [0.5, 0.6) is 0 Å². The SMILES string of the molecule is Cc1ccc(N(CC(=O)N[C@@H](C)CCc2ccccc2)S(C)(=O)=O)cc1C. The largest absolute Gasteiger partial charge is 0.352 e. The van der Waals surface area contributed by atoms with Crippen molar-refractivity contribution in [3.05, 3.63) is 65.2 Å². The molecular weight excluding hydrogens is 360 g/mol. The predicted octanol–water partition coefficient (Wildman–Crippen LogP) is 3.21. The molecule has 1 atom stereocenters. The molecule has 0 unspecified atom stereocenters. The molecule has 1 N–H and O–H groups in total. The van der Waals surface area contributed by atoms with Crippen LogP contribution in [-0.2, 0) is 21.2 Å². The monoisotopic (exact) mass is 388 g/mol. The van der Waals surface area contributed by atoms with E-state index in [0.717, 1.165) is 34.5 Å². The molecule has 0 aromatic heterocycles. The van der Waals surface area contributed by atoms with Gasteiger partial charge in [0.25, 0.3) is 0 Å². The fourth-order valence-electron chi connectivity index (χ4n) is 2.83. The number of hydrogen-bond donors (Lipinski definition) is 1. The Morgan fingerprint density at radius 2 is 1.74 bits per heavy atom. The molecule has 0 radical (unpaired) electrons. The summed E-state index contributed by atoms with van der Waals surface area (Å²) in [6.07, 6.45) is 2.77. The average Bonchev–Trinajstić information content (AvgIpc) is 2.60. The van der Waals surface area contributed by atoms with Crippen LogP contribution in [0.15, 0.2) is 48.5 Å². The van der Waals surface area contributed by atoms with Crippen molar-refractivity contribution in [2.24, 2.45) is 0 Å². The number of amides is 1. The Labute approximate surface area is 162 Å². The van der Waals surface area contributed by atoms with Crippen molar-refractivity contribution < 1.29 is 13.2 Å². The Balaban J connectivity index is 2.00. The zero-order valence-electron chi connectivity index (χ0n) is 16.4. The molecule has 2 aromatic rings. The van der Waals surface area contributed by atoms with Crippen molar-refractivity contribution in [2.75, 3.05) is 17.1 Å². The second-order valence-corrected chi connectivity index (χ2v) is 8.94. The van der Waals surface area contributed by atoms with E-state index >= 15 is 0 Å². The standard InChI is InChI=1S/C21H28N2O3S/c1-16-10-13-20(14-17(16)2)23(27(4,25)26)15-21(24)22-18(3)11-12-19-8-6-5-7-9-19/h5-10,13-14,18H,11-12,15H2,1-4H3,(H,22,24)/t18-/m0/s1. The summed E-state index contributed by atoms with van der Waals surface area (Å²) in [5, 5.41) is 2.90. The molecule has 0 aliphatic heterocycles. The Bertz CT molecular complexity index is 880. The number of sulfonamides is 1. The summed E-state index contributed by atoms with van der Waals surface area (Å²) in [4.78, 5) is 12.4. The van der Waals surface area contributed by atoms with Gasteiger partial charge in [-0.3, -0.25) is 9.10 Å². The van der Waals surface area contributed by atoms with Crippen LogP contribution in [0.4, 0.5) is 5.69 Å². The maximum absolute atomic E-state index is 12.4. The van der Waals surface area contributed by atoms with Gasteiger partial charge in [-0.1, -0.05) is 36.4 Å². The Hall–Kier alpha value is -2.34. The van der Waals surface area contributed by atoms with Crippen LogP contribution in [0.3, 0.4) is 0 Å². The molecule has 0 saturated carbocycles. The van der Waals surface area contributed by atoms with Crippen LogP contribution in [0, 0.1) is 13.8 Å². The lowest BCUT2D eigenvalue weighted by atomic mass is 10.1. The Morgan fingerprint density at radius 3 is 2.33 bits per heavy atom. The molecule has 0 fully saturated rings. The van der Waals surface area contributed by atoms with Crippen LogP contribution >= 0.6 is 0 Å². The molecule has 146 valence electrons. The van der Waals surface area contributed by atoms with Crippen LogP contribution in [0.1, 0.15) is 30.0 Å². The topological polar surface area (TPSA) is 66.5 Å². The van der Waals surface area contributed by atoms with Gasteiger partial charge in [0.15, 0.2) is 0 Å². The summed E-state index contributed by atoms with van der Waals surface area (Å²) in [5.41, 5.74) is 3.78. The number of carbonyl (C=O) groups excluding carboxylic acids is 1. The van der Waals surface area contributed by atoms with Crippen LogP contribution in [-0.4, -0.2) is 33.2 Å². The minimum absolute atomic E-state index is 0.0427. The van der Waals surface area contributed by atoms with Gasteiger partial charge in [0.2, 0.25) is 15.9 Å². The molecule has 2 rings (SSSR count). The zero-order valence-corrected chi connectivity index (χ0v) is 17.2. The molecule has 2 aromatic carbocycles. The molecule has 1 amide bonds. The molecule has 5 nitrogen and oxygen atoms in total. The average molecular weight is 389 g/mol. The third kappa shape index (κ3) is 6.40. The van der Waals surface area contributed by atoms with Crippen molar-refractivity contribution in [3.8, 4) is 0 Å². The van der Waals surface area contributed by atoms with Crippen LogP contribution < -0.4 is 9.62 Å². The third-order valence-electron chi connectivity index (χ3n) is 4.58. The smallest absolute Gasteiger partial charge is 0.240 e. The minimum atomic E-state index is -3.56. The molecular formula is C21H28N2O3S. The highest BCUT2D eigenvalue weighted by molar-refractivity contribution is 7.92. The lowest BCUT2D eigenvalue weighted by Crippen LogP contribution is -2.43. The number of benzene rings is 2. The third-order valence-corrected chi connectivity index (χ3v) is 5.72. The van der Waals surface area contributed by atoms with E-state index in [1.54, 1.807) is 12.1 Å². The van der Waals surface area contributed by atoms with E-state index in [0.29, 0.717) is 5.69 Å². The van der Waals surface area contributed by atoms with Gasteiger partial charge in [-0.2, -0.15) is 0 Å². The Morgan fingerprint density at radius 1 is 1.07 bits per heavy atom. The minimum Gasteiger partial charge on any atom is -0.352 e. The van der Waals surface area contributed by atoms with Gasteiger partial charge in [0.1, 0.15) is 6.54 Å². The van der Waals surface area contributed by atoms with Gasteiger partial charge in [0.05, 0.1) is 11.9 Å². The van der Waals surface area contributed by atoms with E-state index in [1.165, 1.54) is 5.56 Å². The highest BCUT2D eigenvalue weighted by atomic mass is 32.2. The van der Waals surface area contributed by atoms with Crippen molar-refractivity contribution in [2.45, 2.75) is 39.7 Å². The van der Waals surface area contributed by atoms with Crippen LogP contribution in [0.2, 0.25) is 0 Å².